The maximum absolute atomic E-state index is 14.3. The molecule has 1 aliphatic rings. The second kappa shape index (κ2) is 8.57. The molecule has 1 fully saturated rings. The zero-order chi connectivity index (χ0) is 24.7. The number of likely N-dealkylation sites (N-methyl/N-ethyl adjacent to an activating group) is 1. The minimum absolute atomic E-state index is 0.0685. The largest absolute Gasteiger partial charge is 0.368 e. The Morgan fingerprint density at radius 2 is 1.94 bits per heavy atom. The van der Waals surface area contributed by atoms with Gasteiger partial charge in [0.15, 0.2) is 5.82 Å². The van der Waals surface area contributed by atoms with Gasteiger partial charge in [-0.3, -0.25) is 9.48 Å². The molecule has 5 rings (SSSR count). The normalized spacial score (nSPS) is 15.1. The highest BCUT2D eigenvalue weighted by molar-refractivity contribution is 5.75. The molecule has 0 bridgehead atoms. The lowest BCUT2D eigenvalue weighted by Crippen LogP contribution is -2.28. The fourth-order valence-corrected chi connectivity index (χ4v) is 4.16. The van der Waals surface area contributed by atoms with E-state index in [0.29, 0.717) is 28.8 Å². The number of benzene rings is 1. The number of amides is 1. The van der Waals surface area contributed by atoms with Gasteiger partial charge in [-0.2, -0.15) is 19.5 Å². The molecular formula is C24H25FN8O2. The van der Waals surface area contributed by atoms with Gasteiger partial charge in [0.1, 0.15) is 6.54 Å². The van der Waals surface area contributed by atoms with Crippen LogP contribution in [0, 0.1) is 11.9 Å². The molecule has 11 heteroatoms. The predicted molar refractivity (Wildman–Crippen MR) is 125 cm³/mol. The number of carbonyl (C=O) groups excluding carboxylic acids is 1. The molecule has 1 atom stereocenters. The van der Waals surface area contributed by atoms with Crippen LogP contribution in [0.25, 0.3) is 22.6 Å². The van der Waals surface area contributed by atoms with Crippen molar-refractivity contribution in [1.82, 2.24) is 34.8 Å². The molecule has 10 nitrogen and oxygen atoms in total. The summed E-state index contributed by atoms with van der Waals surface area (Å²) in [6, 6.07) is 7.57. The van der Waals surface area contributed by atoms with Crippen molar-refractivity contribution in [3.63, 3.8) is 0 Å². The molecule has 1 aliphatic carbocycles. The van der Waals surface area contributed by atoms with Crippen molar-refractivity contribution < 1.29 is 13.7 Å². The lowest BCUT2D eigenvalue weighted by Gasteiger charge is -2.27. The SMILES string of the molecule is CN(C)C(=O)Cn1cc(-c2nc([C@@](C)(c3ccc(-c4cnc(N)nc4F)cc3)C3CC3)no2)cn1. The fourth-order valence-electron chi connectivity index (χ4n) is 4.16. The van der Waals surface area contributed by atoms with Gasteiger partial charge in [0.25, 0.3) is 5.89 Å². The van der Waals surface area contributed by atoms with Crippen molar-refractivity contribution >= 4 is 11.9 Å². The Balaban J connectivity index is 1.42. The average Bonchev–Trinajstić information content (AvgIpc) is 3.39. The molecule has 35 heavy (non-hydrogen) atoms. The van der Waals surface area contributed by atoms with E-state index in [2.05, 4.69) is 27.1 Å². The van der Waals surface area contributed by atoms with Gasteiger partial charge in [0.05, 0.1) is 22.7 Å². The van der Waals surface area contributed by atoms with Gasteiger partial charge in [-0.1, -0.05) is 29.4 Å². The van der Waals surface area contributed by atoms with Gasteiger partial charge in [0, 0.05) is 26.5 Å². The number of aromatic nitrogens is 6. The fraction of sp³-hybridized carbons (Fsp3) is 0.333. The molecule has 0 unspecified atom stereocenters. The number of rotatable bonds is 7. The highest BCUT2D eigenvalue weighted by Crippen LogP contribution is 2.50. The summed E-state index contributed by atoms with van der Waals surface area (Å²) < 4.78 is 21.4. The molecule has 0 radical (unpaired) electrons. The van der Waals surface area contributed by atoms with Gasteiger partial charge in [-0.25, -0.2) is 4.98 Å². The Kier molecular flexibility index (Phi) is 5.54. The van der Waals surface area contributed by atoms with Gasteiger partial charge in [0.2, 0.25) is 17.8 Å². The first kappa shape index (κ1) is 22.6. The van der Waals surface area contributed by atoms with Crippen LogP contribution in [0.3, 0.4) is 0 Å². The third-order valence-corrected chi connectivity index (χ3v) is 6.52. The van der Waals surface area contributed by atoms with Crippen molar-refractivity contribution in [3.05, 3.63) is 60.2 Å². The van der Waals surface area contributed by atoms with Crippen molar-refractivity contribution in [2.45, 2.75) is 31.7 Å². The van der Waals surface area contributed by atoms with Crippen LogP contribution in [0.15, 0.2) is 47.4 Å². The maximum atomic E-state index is 14.3. The van der Waals surface area contributed by atoms with E-state index in [-0.39, 0.29) is 24.0 Å². The number of nitrogens with two attached hydrogens (primary N) is 1. The molecule has 1 aromatic carbocycles. The van der Waals surface area contributed by atoms with E-state index in [1.807, 2.05) is 24.3 Å². The molecule has 0 aliphatic heterocycles. The van der Waals surface area contributed by atoms with E-state index in [1.54, 1.807) is 31.2 Å². The highest BCUT2D eigenvalue weighted by atomic mass is 19.1. The lowest BCUT2D eigenvalue weighted by atomic mass is 9.76. The van der Waals surface area contributed by atoms with Crippen LogP contribution < -0.4 is 5.73 Å². The van der Waals surface area contributed by atoms with Gasteiger partial charge < -0.3 is 15.2 Å². The Bertz CT molecular complexity index is 1380. The molecule has 0 spiro atoms. The van der Waals surface area contributed by atoms with Crippen molar-refractivity contribution in [1.29, 1.82) is 0 Å². The highest BCUT2D eigenvalue weighted by Gasteiger charge is 2.47. The number of carbonyl (C=O) groups is 1. The van der Waals surface area contributed by atoms with E-state index in [0.717, 1.165) is 18.4 Å². The summed E-state index contributed by atoms with van der Waals surface area (Å²) in [4.78, 5) is 25.7. The third kappa shape index (κ3) is 4.25. The van der Waals surface area contributed by atoms with Crippen LogP contribution in [0.5, 0.6) is 0 Å². The van der Waals surface area contributed by atoms with Crippen LogP contribution in [0.1, 0.15) is 31.2 Å². The summed E-state index contributed by atoms with van der Waals surface area (Å²) in [5, 5.41) is 8.55. The first-order chi connectivity index (χ1) is 16.8. The Hall–Kier alpha value is -4.15. The second-order valence-electron chi connectivity index (χ2n) is 9.12. The summed E-state index contributed by atoms with van der Waals surface area (Å²) in [6.45, 7) is 2.22. The Morgan fingerprint density at radius 3 is 2.60 bits per heavy atom. The number of hydrogen-bond donors (Lipinski definition) is 1. The van der Waals surface area contributed by atoms with Gasteiger partial charge in [-0.05, 0) is 36.8 Å². The standard InChI is InChI=1S/C24H25FN8O2/c1-24(17-8-9-17,16-6-4-14(5-7-16)18-11-27-23(26)29-20(18)25)22-30-21(35-31-22)15-10-28-33(12-15)13-19(34)32(2)3/h4-7,10-12,17H,8-9,13H2,1-3H3,(H2,26,27,29)/t24-/m0/s1. The van der Waals surface area contributed by atoms with Gasteiger partial charge in [-0.15, -0.1) is 0 Å². The lowest BCUT2D eigenvalue weighted by molar-refractivity contribution is -0.129. The summed E-state index contributed by atoms with van der Waals surface area (Å²) in [5.74, 6) is 0.435. The zero-order valence-corrected chi connectivity index (χ0v) is 19.6. The zero-order valence-electron chi connectivity index (χ0n) is 19.6. The topological polar surface area (TPSA) is 129 Å². The predicted octanol–water partition coefficient (Wildman–Crippen LogP) is 2.92. The van der Waals surface area contributed by atoms with Crippen molar-refractivity contribution in [2.24, 2.45) is 5.92 Å². The van der Waals surface area contributed by atoms with Crippen LogP contribution >= 0.6 is 0 Å². The molecule has 4 aromatic rings. The first-order valence-corrected chi connectivity index (χ1v) is 11.2. The second-order valence-corrected chi connectivity index (χ2v) is 9.12. The monoisotopic (exact) mass is 476 g/mol. The molecule has 180 valence electrons. The summed E-state index contributed by atoms with van der Waals surface area (Å²) >= 11 is 0. The van der Waals surface area contributed by atoms with Crippen LogP contribution in [-0.2, 0) is 16.8 Å². The Labute approximate surface area is 201 Å². The van der Waals surface area contributed by atoms with E-state index in [4.69, 9.17) is 15.2 Å². The number of nitrogens with zero attached hydrogens (tertiary/aromatic N) is 7. The number of hydrogen-bond acceptors (Lipinski definition) is 8. The minimum Gasteiger partial charge on any atom is -0.368 e. The van der Waals surface area contributed by atoms with Gasteiger partial charge >= 0.3 is 0 Å². The number of anilines is 1. The molecule has 0 saturated heterocycles. The van der Waals surface area contributed by atoms with E-state index < -0.39 is 11.4 Å². The number of nitrogen functional groups attached to an aromatic ring is 1. The van der Waals surface area contributed by atoms with Crippen LogP contribution in [0.4, 0.5) is 10.3 Å². The van der Waals surface area contributed by atoms with Crippen molar-refractivity contribution in [3.8, 4) is 22.6 Å². The molecule has 3 heterocycles. The average molecular weight is 477 g/mol. The van der Waals surface area contributed by atoms with Crippen molar-refractivity contribution in [2.75, 3.05) is 19.8 Å². The smallest absolute Gasteiger partial charge is 0.261 e. The minimum atomic E-state index is -0.661. The number of halogens is 1. The molecule has 3 aromatic heterocycles. The quantitative estimate of drug-likeness (QED) is 0.403. The molecule has 1 amide bonds. The molecule has 1 saturated carbocycles. The Morgan fingerprint density at radius 1 is 1.20 bits per heavy atom. The van der Waals surface area contributed by atoms with E-state index >= 15 is 0 Å². The third-order valence-electron chi connectivity index (χ3n) is 6.52. The van der Waals surface area contributed by atoms with Crippen LogP contribution in [0.2, 0.25) is 0 Å². The first-order valence-electron chi connectivity index (χ1n) is 11.2. The van der Waals surface area contributed by atoms with E-state index in [1.165, 1.54) is 11.1 Å². The molecule has 2 N–H and O–H groups in total. The van der Waals surface area contributed by atoms with Crippen LogP contribution in [-0.4, -0.2) is 54.8 Å². The summed E-state index contributed by atoms with van der Waals surface area (Å²) in [5.41, 5.74) is 7.56. The maximum Gasteiger partial charge on any atom is 0.261 e. The molecular weight excluding hydrogens is 451 g/mol. The van der Waals surface area contributed by atoms with E-state index in [9.17, 15) is 9.18 Å². The summed E-state index contributed by atoms with van der Waals surface area (Å²) in [6.07, 6.45) is 6.79. The summed E-state index contributed by atoms with van der Waals surface area (Å²) in [7, 11) is 3.39.